The van der Waals surface area contributed by atoms with Crippen molar-refractivity contribution in [3.05, 3.63) is 47.2 Å². The summed E-state index contributed by atoms with van der Waals surface area (Å²) >= 11 is 1.67. The maximum absolute atomic E-state index is 5.41. The monoisotopic (exact) mass is 352 g/mol. The predicted octanol–water partition coefficient (Wildman–Crippen LogP) is 3.93. The molecular formula is C17H16N6OS. The molecule has 0 spiro atoms. The Kier molecular flexibility index (Phi) is 3.89. The van der Waals surface area contributed by atoms with Gasteiger partial charge in [0.2, 0.25) is 11.7 Å². The standard InChI is InChI=1S/C17H16N6OS/c1-9-11(3)25-17-13(9)15(19-8-20-17)21-10(2)16-22-14(23-24-16)12-5-4-6-18-7-12/h4-8,10H,1-3H3,(H,19,20,21)/t10-/m0/s1. The molecule has 0 aliphatic rings. The van der Waals surface area contributed by atoms with Gasteiger partial charge in [0.1, 0.15) is 23.0 Å². The molecule has 7 nitrogen and oxygen atoms in total. The van der Waals surface area contributed by atoms with Crippen molar-refractivity contribution in [1.29, 1.82) is 0 Å². The van der Waals surface area contributed by atoms with Crippen LogP contribution in [0.25, 0.3) is 21.6 Å². The summed E-state index contributed by atoms with van der Waals surface area (Å²) in [6, 6.07) is 3.55. The van der Waals surface area contributed by atoms with Crippen molar-refractivity contribution >= 4 is 27.4 Å². The fourth-order valence-electron chi connectivity index (χ4n) is 2.58. The minimum atomic E-state index is -0.185. The Labute approximate surface area is 148 Å². The van der Waals surface area contributed by atoms with Gasteiger partial charge >= 0.3 is 0 Å². The van der Waals surface area contributed by atoms with Crippen LogP contribution in [0.5, 0.6) is 0 Å². The minimum Gasteiger partial charge on any atom is -0.358 e. The Morgan fingerprint density at radius 3 is 2.92 bits per heavy atom. The summed E-state index contributed by atoms with van der Waals surface area (Å²) in [5.74, 6) is 1.79. The van der Waals surface area contributed by atoms with Gasteiger partial charge in [-0.15, -0.1) is 11.3 Å². The Morgan fingerprint density at radius 1 is 1.24 bits per heavy atom. The summed E-state index contributed by atoms with van der Waals surface area (Å²) in [5, 5.41) is 8.45. The van der Waals surface area contributed by atoms with Crippen molar-refractivity contribution in [3.63, 3.8) is 0 Å². The zero-order valence-electron chi connectivity index (χ0n) is 14.0. The molecule has 4 rings (SSSR count). The Morgan fingerprint density at radius 2 is 2.12 bits per heavy atom. The molecule has 0 unspecified atom stereocenters. The lowest BCUT2D eigenvalue weighted by Crippen LogP contribution is -2.09. The summed E-state index contributed by atoms with van der Waals surface area (Å²) in [7, 11) is 0. The minimum absolute atomic E-state index is 0.185. The molecule has 25 heavy (non-hydrogen) atoms. The molecule has 8 heteroatoms. The summed E-state index contributed by atoms with van der Waals surface area (Å²) in [5.41, 5.74) is 2.01. The van der Waals surface area contributed by atoms with Crippen LogP contribution in [0.4, 0.5) is 5.82 Å². The Hall–Kier alpha value is -2.87. The number of nitrogens with zero attached hydrogens (tertiary/aromatic N) is 5. The van der Waals surface area contributed by atoms with E-state index in [0.29, 0.717) is 11.7 Å². The van der Waals surface area contributed by atoms with E-state index in [4.69, 9.17) is 4.52 Å². The number of hydrogen-bond acceptors (Lipinski definition) is 8. The SMILES string of the molecule is Cc1sc2ncnc(N[C@@H](C)c3nc(-c4cccnc4)no3)c2c1C. The van der Waals surface area contributed by atoms with Crippen LogP contribution in [0.2, 0.25) is 0 Å². The Bertz CT molecular complexity index is 1030. The number of fused-ring (bicyclic) bond motifs is 1. The highest BCUT2D eigenvalue weighted by Crippen LogP contribution is 2.33. The number of nitrogens with one attached hydrogen (secondary N) is 1. The van der Waals surface area contributed by atoms with Gasteiger partial charge in [0.15, 0.2) is 0 Å². The van der Waals surface area contributed by atoms with Crippen LogP contribution in [-0.2, 0) is 0 Å². The maximum Gasteiger partial charge on any atom is 0.249 e. The van der Waals surface area contributed by atoms with Gasteiger partial charge in [0.05, 0.1) is 5.39 Å². The van der Waals surface area contributed by atoms with Crippen LogP contribution >= 0.6 is 11.3 Å². The van der Waals surface area contributed by atoms with Gasteiger partial charge in [-0.05, 0) is 38.5 Å². The summed E-state index contributed by atoms with van der Waals surface area (Å²) < 4.78 is 5.41. The third-order valence-corrected chi connectivity index (χ3v) is 5.17. The average molecular weight is 352 g/mol. The van der Waals surface area contributed by atoms with Gasteiger partial charge in [0, 0.05) is 22.8 Å². The number of aromatic nitrogens is 5. The summed E-state index contributed by atoms with van der Waals surface area (Å²) in [4.78, 5) is 19.5. The van der Waals surface area contributed by atoms with Crippen LogP contribution in [0.15, 0.2) is 35.4 Å². The van der Waals surface area contributed by atoms with E-state index in [0.717, 1.165) is 21.6 Å². The summed E-state index contributed by atoms with van der Waals surface area (Å²) in [6.45, 7) is 6.14. The van der Waals surface area contributed by atoms with Crippen molar-refractivity contribution in [2.24, 2.45) is 0 Å². The van der Waals surface area contributed by atoms with Gasteiger partial charge < -0.3 is 9.84 Å². The molecule has 0 saturated carbocycles. The normalized spacial score (nSPS) is 12.4. The lowest BCUT2D eigenvalue weighted by molar-refractivity contribution is 0.368. The van der Waals surface area contributed by atoms with Gasteiger partial charge in [-0.2, -0.15) is 4.98 Å². The molecule has 0 aliphatic carbocycles. The van der Waals surface area contributed by atoms with Crippen molar-refractivity contribution in [3.8, 4) is 11.4 Å². The first-order valence-corrected chi connectivity index (χ1v) is 8.66. The van der Waals surface area contributed by atoms with Crippen molar-refractivity contribution in [2.45, 2.75) is 26.8 Å². The second-order valence-corrected chi connectivity index (χ2v) is 6.95. The molecule has 0 saturated heterocycles. The van der Waals surface area contributed by atoms with Gasteiger partial charge in [-0.1, -0.05) is 5.16 Å². The third kappa shape index (κ3) is 2.85. The van der Waals surface area contributed by atoms with E-state index in [9.17, 15) is 0 Å². The number of anilines is 1. The van der Waals surface area contributed by atoms with Crippen molar-refractivity contribution in [1.82, 2.24) is 25.1 Å². The van der Waals surface area contributed by atoms with E-state index in [1.54, 1.807) is 30.1 Å². The topological polar surface area (TPSA) is 89.6 Å². The first kappa shape index (κ1) is 15.6. The Balaban J connectivity index is 1.63. The zero-order valence-corrected chi connectivity index (χ0v) is 14.8. The molecule has 0 fully saturated rings. The van der Waals surface area contributed by atoms with E-state index in [2.05, 4.69) is 44.3 Å². The highest BCUT2D eigenvalue weighted by Gasteiger charge is 2.18. The van der Waals surface area contributed by atoms with E-state index in [-0.39, 0.29) is 6.04 Å². The molecule has 0 amide bonds. The second-order valence-electron chi connectivity index (χ2n) is 5.75. The molecule has 0 bridgehead atoms. The van der Waals surface area contributed by atoms with Crippen molar-refractivity contribution in [2.75, 3.05) is 5.32 Å². The average Bonchev–Trinajstić information content (AvgIpc) is 3.22. The number of thiophene rings is 1. The van der Waals surface area contributed by atoms with Crippen LogP contribution in [0, 0.1) is 13.8 Å². The quantitative estimate of drug-likeness (QED) is 0.595. The first-order chi connectivity index (χ1) is 12.1. The number of hydrogen-bond donors (Lipinski definition) is 1. The molecule has 1 atom stereocenters. The van der Waals surface area contributed by atoms with E-state index in [1.165, 1.54) is 10.4 Å². The number of aryl methyl sites for hydroxylation is 2. The molecule has 4 heterocycles. The molecule has 0 aliphatic heterocycles. The molecule has 4 aromatic heterocycles. The van der Waals surface area contributed by atoms with Gasteiger partial charge in [0.25, 0.3) is 0 Å². The smallest absolute Gasteiger partial charge is 0.249 e. The fourth-order valence-corrected chi connectivity index (χ4v) is 3.58. The highest BCUT2D eigenvalue weighted by molar-refractivity contribution is 7.18. The first-order valence-electron chi connectivity index (χ1n) is 7.84. The predicted molar refractivity (Wildman–Crippen MR) is 96.5 cm³/mol. The molecular weight excluding hydrogens is 336 g/mol. The van der Waals surface area contributed by atoms with E-state index in [1.807, 2.05) is 19.1 Å². The second kappa shape index (κ2) is 6.21. The van der Waals surface area contributed by atoms with Crippen LogP contribution in [0.1, 0.15) is 29.3 Å². The molecule has 0 aromatic carbocycles. The maximum atomic E-state index is 5.41. The highest BCUT2D eigenvalue weighted by atomic mass is 32.1. The van der Waals surface area contributed by atoms with Gasteiger partial charge in [-0.25, -0.2) is 9.97 Å². The van der Waals surface area contributed by atoms with Crippen LogP contribution < -0.4 is 5.32 Å². The fraction of sp³-hybridized carbons (Fsp3) is 0.235. The van der Waals surface area contributed by atoms with E-state index >= 15 is 0 Å². The lowest BCUT2D eigenvalue weighted by Gasteiger charge is -2.11. The van der Waals surface area contributed by atoms with E-state index < -0.39 is 0 Å². The number of rotatable bonds is 4. The van der Waals surface area contributed by atoms with Crippen LogP contribution in [0.3, 0.4) is 0 Å². The van der Waals surface area contributed by atoms with Gasteiger partial charge in [-0.3, -0.25) is 4.98 Å². The molecule has 4 aromatic rings. The zero-order chi connectivity index (χ0) is 17.4. The molecule has 126 valence electrons. The lowest BCUT2D eigenvalue weighted by atomic mass is 10.2. The molecule has 1 N–H and O–H groups in total. The van der Waals surface area contributed by atoms with Crippen molar-refractivity contribution < 1.29 is 4.52 Å². The summed E-state index contributed by atoms with van der Waals surface area (Å²) in [6.07, 6.45) is 4.99. The third-order valence-electron chi connectivity index (χ3n) is 4.05. The number of pyridine rings is 1. The van der Waals surface area contributed by atoms with Crippen LogP contribution in [-0.4, -0.2) is 25.1 Å². The largest absolute Gasteiger partial charge is 0.358 e. The molecule has 0 radical (unpaired) electrons.